The molecule has 0 fully saturated rings. The fourth-order valence-corrected chi connectivity index (χ4v) is 5.58. The van der Waals surface area contributed by atoms with Gasteiger partial charge in [-0.25, -0.2) is 17.8 Å². The van der Waals surface area contributed by atoms with Crippen LogP contribution in [0.3, 0.4) is 0 Å². The Bertz CT molecular complexity index is 1670. The van der Waals surface area contributed by atoms with Crippen molar-refractivity contribution in [3.63, 3.8) is 0 Å². The molecule has 0 bridgehead atoms. The molecule has 0 aliphatic heterocycles. The van der Waals surface area contributed by atoms with Crippen LogP contribution in [0.2, 0.25) is 0 Å². The minimum Gasteiger partial charge on any atom is -0.507 e. The number of halogens is 1. The summed E-state index contributed by atoms with van der Waals surface area (Å²) in [5.41, 5.74) is 2.11. The number of carbonyl (C=O) groups excluding carboxylic acids is 1. The number of para-hydroxylation sites is 1. The maximum atomic E-state index is 13.1. The van der Waals surface area contributed by atoms with Crippen molar-refractivity contribution in [1.82, 2.24) is 4.98 Å². The lowest BCUT2D eigenvalue weighted by molar-refractivity contribution is 0.102. The molecule has 0 aliphatic carbocycles. The predicted molar refractivity (Wildman–Crippen MR) is 138 cm³/mol. The number of anilines is 2. The van der Waals surface area contributed by atoms with Crippen LogP contribution in [-0.4, -0.2) is 24.4 Å². The highest BCUT2D eigenvalue weighted by Gasteiger charge is 2.16. The third kappa shape index (κ3) is 4.90. The van der Waals surface area contributed by atoms with Crippen molar-refractivity contribution >= 4 is 48.9 Å². The number of nitrogens with one attached hydrogen (secondary N) is 2. The van der Waals surface area contributed by atoms with Gasteiger partial charge in [0.15, 0.2) is 0 Å². The molecule has 0 unspecified atom stereocenters. The molecule has 1 heterocycles. The van der Waals surface area contributed by atoms with E-state index in [-0.39, 0.29) is 21.9 Å². The number of amides is 1. The second kappa shape index (κ2) is 9.40. The Morgan fingerprint density at radius 3 is 2.42 bits per heavy atom. The van der Waals surface area contributed by atoms with E-state index >= 15 is 0 Å². The third-order valence-corrected chi connectivity index (χ3v) is 7.75. The van der Waals surface area contributed by atoms with Crippen molar-refractivity contribution in [3.05, 3.63) is 102 Å². The predicted octanol–water partition coefficient (Wildman–Crippen LogP) is 5.86. The van der Waals surface area contributed by atoms with Crippen LogP contribution in [0.15, 0.2) is 95.9 Å². The van der Waals surface area contributed by atoms with Gasteiger partial charge in [-0.2, -0.15) is 0 Å². The van der Waals surface area contributed by atoms with E-state index in [0.29, 0.717) is 16.3 Å². The second-order valence-electron chi connectivity index (χ2n) is 7.81. The Labute approximate surface area is 209 Å². The summed E-state index contributed by atoms with van der Waals surface area (Å²) in [4.78, 5) is 17.2. The first kappa shape index (κ1) is 23.5. The Morgan fingerprint density at radius 1 is 0.889 bits per heavy atom. The zero-order valence-electron chi connectivity index (χ0n) is 18.5. The van der Waals surface area contributed by atoms with E-state index in [9.17, 15) is 22.7 Å². The normalized spacial score (nSPS) is 11.4. The van der Waals surface area contributed by atoms with Crippen LogP contribution in [0, 0.1) is 5.82 Å². The van der Waals surface area contributed by atoms with E-state index in [4.69, 9.17) is 0 Å². The standard InChI is InChI=1S/C26H18FN3O4S2/c27-17-8-11-20(12-9-17)36(33,34)30-19-5-3-4-16(14-19)25(32)28-18-10-13-21(23(31)15-18)26-29-22-6-1-2-7-24(22)35-26/h1-15,30-31H,(H,28,32). The van der Waals surface area contributed by atoms with Gasteiger partial charge in [0.2, 0.25) is 0 Å². The number of aromatic hydroxyl groups is 1. The van der Waals surface area contributed by atoms with E-state index in [1.807, 2.05) is 24.3 Å². The molecule has 180 valence electrons. The molecule has 5 aromatic rings. The SMILES string of the molecule is O=C(Nc1ccc(-c2nc3ccccc3s2)c(O)c1)c1cccc(NS(=O)(=O)c2ccc(F)cc2)c1. The molecule has 10 heteroatoms. The number of hydrogen-bond donors (Lipinski definition) is 3. The summed E-state index contributed by atoms with van der Waals surface area (Å²) in [7, 11) is -3.96. The minimum absolute atomic E-state index is 0.0346. The van der Waals surface area contributed by atoms with Crippen molar-refractivity contribution in [2.45, 2.75) is 4.90 Å². The number of rotatable bonds is 6. The number of phenolic OH excluding ortho intramolecular Hbond substituents is 1. The van der Waals surface area contributed by atoms with E-state index < -0.39 is 21.7 Å². The summed E-state index contributed by atoms with van der Waals surface area (Å²) in [5, 5.41) is 13.9. The van der Waals surface area contributed by atoms with E-state index in [1.54, 1.807) is 12.1 Å². The number of aromatic nitrogens is 1. The first-order chi connectivity index (χ1) is 17.3. The van der Waals surface area contributed by atoms with Crippen LogP contribution < -0.4 is 10.0 Å². The number of carbonyl (C=O) groups is 1. The average Bonchev–Trinajstić information content (AvgIpc) is 3.28. The largest absolute Gasteiger partial charge is 0.507 e. The first-order valence-electron chi connectivity index (χ1n) is 10.7. The highest BCUT2D eigenvalue weighted by atomic mass is 32.2. The molecule has 1 amide bonds. The third-order valence-electron chi connectivity index (χ3n) is 5.28. The van der Waals surface area contributed by atoms with Crippen molar-refractivity contribution < 1.29 is 22.7 Å². The van der Waals surface area contributed by atoms with Gasteiger partial charge in [0.1, 0.15) is 16.6 Å². The van der Waals surface area contributed by atoms with E-state index in [2.05, 4.69) is 15.0 Å². The fraction of sp³-hybridized carbons (Fsp3) is 0. The summed E-state index contributed by atoms with van der Waals surface area (Å²) in [5.74, 6) is -1.08. The quantitative estimate of drug-likeness (QED) is 0.260. The summed E-state index contributed by atoms with van der Waals surface area (Å²) >= 11 is 1.45. The number of benzene rings is 4. The van der Waals surface area contributed by atoms with Crippen molar-refractivity contribution in [1.29, 1.82) is 0 Å². The van der Waals surface area contributed by atoms with Crippen LogP contribution in [0.1, 0.15) is 10.4 Å². The number of nitrogens with zero attached hydrogens (tertiary/aromatic N) is 1. The maximum Gasteiger partial charge on any atom is 0.261 e. The van der Waals surface area contributed by atoms with Crippen LogP contribution in [0.25, 0.3) is 20.8 Å². The van der Waals surface area contributed by atoms with Crippen molar-refractivity contribution in [2.24, 2.45) is 0 Å². The lowest BCUT2D eigenvalue weighted by atomic mass is 10.1. The van der Waals surface area contributed by atoms with E-state index in [1.165, 1.54) is 41.7 Å². The highest BCUT2D eigenvalue weighted by molar-refractivity contribution is 7.92. The lowest BCUT2D eigenvalue weighted by Gasteiger charge is -2.11. The molecule has 7 nitrogen and oxygen atoms in total. The molecule has 36 heavy (non-hydrogen) atoms. The number of fused-ring (bicyclic) bond motifs is 1. The number of phenols is 1. The molecule has 4 aromatic carbocycles. The molecule has 0 radical (unpaired) electrons. The Morgan fingerprint density at radius 2 is 1.67 bits per heavy atom. The monoisotopic (exact) mass is 519 g/mol. The molecular weight excluding hydrogens is 501 g/mol. The Balaban J connectivity index is 1.32. The van der Waals surface area contributed by atoms with Crippen LogP contribution in [0.4, 0.5) is 15.8 Å². The molecule has 5 rings (SSSR count). The van der Waals surface area contributed by atoms with Gasteiger partial charge in [0.05, 0.1) is 20.7 Å². The Hall–Kier alpha value is -4.28. The molecule has 0 spiro atoms. The zero-order valence-corrected chi connectivity index (χ0v) is 20.1. The molecule has 0 atom stereocenters. The van der Waals surface area contributed by atoms with Gasteiger partial charge in [-0.05, 0) is 66.7 Å². The van der Waals surface area contributed by atoms with Crippen LogP contribution >= 0.6 is 11.3 Å². The van der Waals surface area contributed by atoms with Crippen molar-refractivity contribution in [3.8, 4) is 16.3 Å². The van der Waals surface area contributed by atoms with E-state index in [0.717, 1.165) is 34.5 Å². The van der Waals surface area contributed by atoms with Gasteiger partial charge in [-0.3, -0.25) is 9.52 Å². The van der Waals surface area contributed by atoms with Gasteiger partial charge in [-0.15, -0.1) is 11.3 Å². The fourth-order valence-electron chi connectivity index (χ4n) is 3.53. The summed E-state index contributed by atoms with van der Waals surface area (Å²) in [6.45, 7) is 0. The summed E-state index contributed by atoms with van der Waals surface area (Å²) in [6, 6.07) is 22.8. The van der Waals surface area contributed by atoms with Gasteiger partial charge in [-0.1, -0.05) is 18.2 Å². The van der Waals surface area contributed by atoms with Crippen LogP contribution in [-0.2, 0) is 10.0 Å². The summed E-state index contributed by atoms with van der Waals surface area (Å²) in [6.07, 6.45) is 0. The van der Waals surface area contributed by atoms with Crippen LogP contribution in [0.5, 0.6) is 5.75 Å². The lowest BCUT2D eigenvalue weighted by Crippen LogP contribution is -2.15. The number of sulfonamides is 1. The minimum atomic E-state index is -3.96. The Kier molecular flexibility index (Phi) is 6.13. The smallest absolute Gasteiger partial charge is 0.261 e. The van der Waals surface area contributed by atoms with Crippen molar-refractivity contribution in [2.75, 3.05) is 10.0 Å². The molecular formula is C26H18FN3O4S2. The van der Waals surface area contributed by atoms with Gasteiger partial charge < -0.3 is 10.4 Å². The molecule has 0 saturated carbocycles. The zero-order chi connectivity index (χ0) is 25.3. The number of thiazole rings is 1. The van der Waals surface area contributed by atoms with Gasteiger partial charge in [0.25, 0.3) is 15.9 Å². The maximum absolute atomic E-state index is 13.1. The number of hydrogen-bond acceptors (Lipinski definition) is 6. The second-order valence-corrected chi connectivity index (χ2v) is 10.5. The first-order valence-corrected chi connectivity index (χ1v) is 13.0. The molecule has 3 N–H and O–H groups in total. The average molecular weight is 520 g/mol. The highest BCUT2D eigenvalue weighted by Crippen LogP contribution is 2.36. The molecule has 1 aromatic heterocycles. The summed E-state index contributed by atoms with van der Waals surface area (Å²) < 4.78 is 41.6. The molecule has 0 saturated heterocycles. The topological polar surface area (TPSA) is 108 Å². The van der Waals surface area contributed by atoms with Gasteiger partial charge >= 0.3 is 0 Å². The van der Waals surface area contributed by atoms with Gasteiger partial charge in [0, 0.05) is 23.0 Å². The molecule has 0 aliphatic rings.